The second-order valence-corrected chi connectivity index (χ2v) is 4.22. The number of aryl methyl sites for hydroxylation is 2. The van der Waals surface area contributed by atoms with Gasteiger partial charge in [0.25, 0.3) is 0 Å². The number of rotatable bonds is 2. The normalized spacial score (nSPS) is 10.6. The molecule has 3 heterocycles. The van der Waals surface area contributed by atoms with Crippen LogP contribution in [0.25, 0.3) is 22.4 Å². The molecule has 0 saturated heterocycles. The number of nitrogens with zero attached hydrogens (tertiary/aromatic N) is 4. The van der Waals surface area contributed by atoms with Gasteiger partial charge in [-0.3, -0.25) is 4.98 Å². The molecule has 0 fully saturated rings. The highest BCUT2D eigenvalue weighted by Gasteiger charge is 2.17. The van der Waals surface area contributed by atoms with Crippen molar-refractivity contribution in [1.29, 1.82) is 0 Å². The largest absolute Gasteiger partial charge is 0.361 e. The number of hydrogen-bond donors (Lipinski definition) is 0. The van der Waals surface area contributed by atoms with E-state index in [0.717, 1.165) is 33.8 Å². The summed E-state index contributed by atoms with van der Waals surface area (Å²) in [6.07, 6.45) is 6.83. The van der Waals surface area contributed by atoms with E-state index in [4.69, 9.17) is 4.52 Å². The Hall–Kier alpha value is -2.56. The van der Waals surface area contributed by atoms with Crippen molar-refractivity contribution in [3.63, 3.8) is 0 Å². The summed E-state index contributed by atoms with van der Waals surface area (Å²) in [6, 6.07) is 3.86. The lowest BCUT2D eigenvalue weighted by Gasteiger charge is -2.07. The van der Waals surface area contributed by atoms with Crippen molar-refractivity contribution >= 4 is 0 Å². The lowest BCUT2D eigenvalue weighted by Crippen LogP contribution is -1.92. The fourth-order valence-corrected chi connectivity index (χ4v) is 2.09. The molecule has 0 atom stereocenters. The van der Waals surface area contributed by atoms with Gasteiger partial charge in [0, 0.05) is 24.2 Å². The molecule has 0 unspecified atom stereocenters. The molecule has 0 amide bonds. The molecule has 5 heteroatoms. The van der Waals surface area contributed by atoms with E-state index >= 15 is 0 Å². The average Bonchev–Trinajstić information content (AvgIpc) is 2.79. The molecule has 0 bridgehead atoms. The minimum Gasteiger partial charge on any atom is -0.361 e. The van der Waals surface area contributed by atoms with Crippen LogP contribution in [0.2, 0.25) is 0 Å². The Balaban J connectivity index is 2.24. The summed E-state index contributed by atoms with van der Waals surface area (Å²) < 4.78 is 5.22. The Bertz CT molecular complexity index is 687. The van der Waals surface area contributed by atoms with Gasteiger partial charge in [-0.05, 0) is 31.5 Å². The first-order chi connectivity index (χ1) is 9.27. The summed E-state index contributed by atoms with van der Waals surface area (Å²) in [5.74, 6) is 0.756. The van der Waals surface area contributed by atoms with Gasteiger partial charge in [0.1, 0.15) is 12.1 Å². The molecule has 3 aromatic heterocycles. The summed E-state index contributed by atoms with van der Waals surface area (Å²) in [5, 5.41) is 3.98. The Morgan fingerprint density at radius 3 is 2.53 bits per heavy atom. The van der Waals surface area contributed by atoms with Gasteiger partial charge in [0.2, 0.25) is 0 Å². The van der Waals surface area contributed by atoms with Gasteiger partial charge in [-0.25, -0.2) is 9.97 Å². The van der Waals surface area contributed by atoms with Crippen LogP contribution in [0.4, 0.5) is 0 Å². The molecule has 94 valence electrons. The van der Waals surface area contributed by atoms with Crippen LogP contribution in [0.1, 0.15) is 11.5 Å². The predicted molar refractivity (Wildman–Crippen MR) is 70.2 cm³/mol. The molecule has 0 aliphatic heterocycles. The SMILES string of the molecule is Cc1noc(C)c1-c1ncncc1-c1ccncc1. The van der Waals surface area contributed by atoms with Crippen LogP contribution in [-0.4, -0.2) is 20.1 Å². The summed E-state index contributed by atoms with van der Waals surface area (Å²) in [7, 11) is 0. The Labute approximate surface area is 110 Å². The standard InChI is InChI=1S/C14H12N4O/c1-9-13(10(2)19-18-9)14-12(7-16-8-17-14)11-3-5-15-6-4-11/h3-8H,1-2H3. The maximum absolute atomic E-state index is 5.22. The van der Waals surface area contributed by atoms with Crippen LogP contribution in [-0.2, 0) is 0 Å². The van der Waals surface area contributed by atoms with E-state index in [2.05, 4.69) is 20.1 Å². The quantitative estimate of drug-likeness (QED) is 0.701. The molecule has 0 radical (unpaired) electrons. The zero-order valence-corrected chi connectivity index (χ0v) is 10.7. The van der Waals surface area contributed by atoms with Gasteiger partial charge in [0.05, 0.1) is 17.0 Å². The number of pyridine rings is 1. The number of aromatic nitrogens is 4. The maximum atomic E-state index is 5.22. The summed E-state index contributed by atoms with van der Waals surface area (Å²) in [4.78, 5) is 12.5. The van der Waals surface area contributed by atoms with Crippen LogP contribution in [0.3, 0.4) is 0 Å². The predicted octanol–water partition coefficient (Wildman–Crippen LogP) is 2.81. The van der Waals surface area contributed by atoms with E-state index in [-0.39, 0.29) is 0 Å². The lowest BCUT2D eigenvalue weighted by atomic mass is 10.0. The van der Waals surface area contributed by atoms with E-state index < -0.39 is 0 Å². The fraction of sp³-hybridized carbons (Fsp3) is 0.143. The molecule has 0 spiro atoms. The first-order valence-corrected chi connectivity index (χ1v) is 5.91. The average molecular weight is 252 g/mol. The zero-order chi connectivity index (χ0) is 13.2. The number of hydrogen-bond acceptors (Lipinski definition) is 5. The highest BCUT2D eigenvalue weighted by atomic mass is 16.5. The second kappa shape index (κ2) is 4.61. The van der Waals surface area contributed by atoms with Crippen molar-refractivity contribution in [3.8, 4) is 22.4 Å². The summed E-state index contributed by atoms with van der Waals surface area (Å²) in [5.41, 5.74) is 4.54. The van der Waals surface area contributed by atoms with Crippen molar-refractivity contribution in [3.05, 3.63) is 48.5 Å². The third-order valence-corrected chi connectivity index (χ3v) is 2.97. The monoisotopic (exact) mass is 252 g/mol. The van der Waals surface area contributed by atoms with Gasteiger partial charge in [-0.1, -0.05) is 5.16 Å². The zero-order valence-electron chi connectivity index (χ0n) is 10.7. The van der Waals surface area contributed by atoms with E-state index in [1.165, 1.54) is 6.33 Å². The van der Waals surface area contributed by atoms with Crippen LogP contribution in [0.5, 0.6) is 0 Å². The van der Waals surface area contributed by atoms with E-state index in [1.807, 2.05) is 26.0 Å². The molecule has 0 N–H and O–H groups in total. The lowest BCUT2D eigenvalue weighted by molar-refractivity contribution is 0.393. The van der Waals surface area contributed by atoms with Crippen molar-refractivity contribution in [2.24, 2.45) is 0 Å². The third kappa shape index (κ3) is 1.99. The van der Waals surface area contributed by atoms with Crippen molar-refractivity contribution < 1.29 is 4.52 Å². The minimum absolute atomic E-state index is 0.756. The van der Waals surface area contributed by atoms with E-state index in [0.29, 0.717) is 0 Å². The third-order valence-electron chi connectivity index (χ3n) is 2.97. The molecular weight excluding hydrogens is 240 g/mol. The topological polar surface area (TPSA) is 64.7 Å². The van der Waals surface area contributed by atoms with Crippen molar-refractivity contribution in [2.75, 3.05) is 0 Å². The second-order valence-electron chi connectivity index (χ2n) is 4.22. The summed E-state index contributed by atoms with van der Waals surface area (Å²) >= 11 is 0. The first kappa shape index (κ1) is 11.5. The highest BCUT2D eigenvalue weighted by Crippen LogP contribution is 2.32. The van der Waals surface area contributed by atoms with Gasteiger partial charge >= 0.3 is 0 Å². The van der Waals surface area contributed by atoms with Gasteiger partial charge < -0.3 is 4.52 Å². The van der Waals surface area contributed by atoms with Crippen molar-refractivity contribution in [1.82, 2.24) is 20.1 Å². The molecule has 0 aromatic carbocycles. The molecule has 0 saturated carbocycles. The molecule has 3 rings (SSSR count). The van der Waals surface area contributed by atoms with E-state index in [1.54, 1.807) is 18.6 Å². The smallest absolute Gasteiger partial charge is 0.143 e. The van der Waals surface area contributed by atoms with Crippen LogP contribution < -0.4 is 0 Å². The maximum Gasteiger partial charge on any atom is 0.143 e. The molecule has 3 aromatic rings. The van der Waals surface area contributed by atoms with Crippen molar-refractivity contribution in [2.45, 2.75) is 13.8 Å². The van der Waals surface area contributed by atoms with Gasteiger partial charge in [0.15, 0.2) is 0 Å². The highest BCUT2D eigenvalue weighted by molar-refractivity contribution is 5.81. The van der Waals surface area contributed by atoms with E-state index in [9.17, 15) is 0 Å². The molecular formula is C14H12N4O. The molecule has 0 aliphatic carbocycles. The van der Waals surface area contributed by atoms with Crippen LogP contribution >= 0.6 is 0 Å². The van der Waals surface area contributed by atoms with Crippen LogP contribution in [0.15, 0.2) is 41.6 Å². The molecule has 5 nitrogen and oxygen atoms in total. The summed E-state index contributed by atoms with van der Waals surface area (Å²) in [6.45, 7) is 3.79. The van der Waals surface area contributed by atoms with Gasteiger partial charge in [-0.2, -0.15) is 0 Å². The molecule has 19 heavy (non-hydrogen) atoms. The first-order valence-electron chi connectivity index (χ1n) is 5.91. The Morgan fingerprint density at radius 2 is 1.84 bits per heavy atom. The fourth-order valence-electron chi connectivity index (χ4n) is 2.09. The minimum atomic E-state index is 0.756. The Morgan fingerprint density at radius 1 is 1.05 bits per heavy atom. The van der Waals surface area contributed by atoms with Crippen LogP contribution in [0, 0.1) is 13.8 Å². The van der Waals surface area contributed by atoms with Gasteiger partial charge in [-0.15, -0.1) is 0 Å². The molecule has 0 aliphatic rings. The Kier molecular flexibility index (Phi) is 2.79.